The van der Waals surface area contributed by atoms with Crippen LogP contribution in [0.5, 0.6) is 0 Å². The number of hydrogen-bond acceptors (Lipinski definition) is 3. The maximum Gasteiger partial charge on any atom is 0.416 e. The molecule has 1 aliphatic heterocycles. The molecular formula is C14H18F3NO2. The Morgan fingerprint density at radius 1 is 1.30 bits per heavy atom. The lowest BCUT2D eigenvalue weighted by Gasteiger charge is -2.31. The predicted molar refractivity (Wildman–Crippen MR) is 68.5 cm³/mol. The summed E-state index contributed by atoms with van der Waals surface area (Å²) in [6.45, 7) is 3.17. The molecule has 1 heterocycles. The number of likely N-dealkylation sites (N-methyl/N-ethyl adjacent to an activating group) is 1. The van der Waals surface area contributed by atoms with Crippen LogP contribution in [0.15, 0.2) is 18.2 Å². The molecule has 0 spiro atoms. The maximum absolute atomic E-state index is 12.7. The summed E-state index contributed by atoms with van der Waals surface area (Å²) in [5.74, 6) is 0. The fraction of sp³-hybridized carbons (Fsp3) is 0.571. The highest BCUT2D eigenvalue weighted by molar-refractivity contribution is 5.35. The maximum atomic E-state index is 12.7. The Kier molecular flexibility index (Phi) is 4.67. The van der Waals surface area contributed by atoms with Gasteiger partial charge < -0.3 is 14.8 Å². The van der Waals surface area contributed by atoms with E-state index < -0.39 is 11.7 Å². The van der Waals surface area contributed by atoms with E-state index in [9.17, 15) is 13.2 Å². The first-order valence-corrected chi connectivity index (χ1v) is 6.48. The molecule has 0 aliphatic carbocycles. The first kappa shape index (κ1) is 15.3. The van der Waals surface area contributed by atoms with Gasteiger partial charge in [0.25, 0.3) is 0 Å². The highest BCUT2D eigenvalue weighted by Crippen LogP contribution is 2.32. The van der Waals surface area contributed by atoms with Crippen LogP contribution in [0.1, 0.15) is 22.7 Å². The van der Waals surface area contributed by atoms with Crippen molar-refractivity contribution in [2.45, 2.75) is 25.2 Å². The van der Waals surface area contributed by atoms with E-state index in [0.29, 0.717) is 25.4 Å². The number of ether oxygens (including phenoxy) is 2. The SMILES string of the molecule is CNC(c1ccc(C(F)(F)F)cc1C)C1COCCO1. The minimum absolute atomic E-state index is 0.183. The largest absolute Gasteiger partial charge is 0.416 e. The number of hydrogen-bond donors (Lipinski definition) is 1. The van der Waals surface area contributed by atoms with Crippen molar-refractivity contribution in [3.05, 3.63) is 34.9 Å². The van der Waals surface area contributed by atoms with Gasteiger partial charge in [0.05, 0.1) is 31.4 Å². The van der Waals surface area contributed by atoms with Gasteiger partial charge >= 0.3 is 6.18 Å². The Hall–Kier alpha value is -1.11. The van der Waals surface area contributed by atoms with Gasteiger partial charge in [0.15, 0.2) is 0 Å². The summed E-state index contributed by atoms with van der Waals surface area (Å²) in [7, 11) is 1.76. The second-order valence-corrected chi connectivity index (χ2v) is 4.82. The monoisotopic (exact) mass is 289 g/mol. The van der Waals surface area contributed by atoms with Crippen molar-refractivity contribution in [3.8, 4) is 0 Å². The van der Waals surface area contributed by atoms with Gasteiger partial charge in [0, 0.05) is 0 Å². The van der Waals surface area contributed by atoms with Gasteiger partial charge in [-0.1, -0.05) is 6.07 Å². The summed E-state index contributed by atoms with van der Waals surface area (Å²) in [6, 6.07) is 3.61. The first-order chi connectivity index (χ1) is 9.43. The van der Waals surface area contributed by atoms with E-state index in [1.54, 1.807) is 14.0 Å². The third-order valence-electron chi connectivity index (χ3n) is 3.46. The van der Waals surface area contributed by atoms with Gasteiger partial charge in [0.1, 0.15) is 6.10 Å². The summed E-state index contributed by atoms with van der Waals surface area (Å²) in [5.41, 5.74) is 0.763. The van der Waals surface area contributed by atoms with Crippen molar-refractivity contribution in [1.29, 1.82) is 0 Å². The van der Waals surface area contributed by atoms with Crippen molar-refractivity contribution in [2.24, 2.45) is 0 Å². The third-order valence-corrected chi connectivity index (χ3v) is 3.46. The lowest BCUT2D eigenvalue weighted by atomic mass is 9.95. The van der Waals surface area contributed by atoms with Crippen LogP contribution in [0.3, 0.4) is 0 Å². The summed E-state index contributed by atoms with van der Waals surface area (Å²) >= 11 is 0. The normalized spacial score (nSPS) is 21.8. The Morgan fingerprint density at radius 2 is 2.05 bits per heavy atom. The van der Waals surface area contributed by atoms with Crippen LogP contribution in [0.2, 0.25) is 0 Å². The van der Waals surface area contributed by atoms with Gasteiger partial charge in [-0.3, -0.25) is 0 Å². The summed E-state index contributed by atoms with van der Waals surface area (Å²) in [4.78, 5) is 0. The van der Waals surface area contributed by atoms with Crippen LogP contribution < -0.4 is 5.32 Å². The number of halogens is 3. The molecule has 1 N–H and O–H groups in total. The highest BCUT2D eigenvalue weighted by atomic mass is 19.4. The molecule has 20 heavy (non-hydrogen) atoms. The van der Waals surface area contributed by atoms with E-state index in [1.807, 2.05) is 0 Å². The number of benzene rings is 1. The molecule has 112 valence electrons. The van der Waals surface area contributed by atoms with E-state index in [-0.39, 0.29) is 12.1 Å². The van der Waals surface area contributed by atoms with Crippen LogP contribution in [-0.4, -0.2) is 33.0 Å². The van der Waals surface area contributed by atoms with Gasteiger partial charge in [0.2, 0.25) is 0 Å². The number of rotatable bonds is 3. The standard InChI is InChI=1S/C14H18F3NO2/c1-9-7-10(14(15,16)17)3-4-11(9)13(18-2)12-8-19-5-6-20-12/h3-4,7,12-13,18H,5-6,8H2,1-2H3. The van der Waals surface area contributed by atoms with Gasteiger partial charge in [-0.05, 0) is 37.2 Å². The average Bonchev–Trinajstić information content (AvgIpc) is 2.41. The van der Waals surface area contributed by atoms with Gasteiger partial charge in [-0.2, -0.15) is 13.2 Å². The molecular weight excluding hydrogens is 271 g/mol. The van der Waals surface area contributed by atoms with Crippen LogP contribution in [-0.2, 0) is 15.7 Å². The molecule has 2 rings (SSSR count). The van der Waals surface area contributed by atoms with Crippen molar-refractivity contribution < 1.29 is 22.6 Å². The number of aryl methyl sites for hydroxylation is 1. The highest BCUT2D eigenvalue weighted by Gasteiger charge is 2.32. The van der Waals surface area contributed by atoms with E-state index in [0.717, 1.165) is 11.6 Å². The minimum Gasteiger partial charge on any atom is -0.376 e. The van der Waals surface area contributed by atoms with Crippen molar-refractivity contribution in [3.63, 3.8) is 0 Å². The zero-order valence-electron chi connectivity index (χ0n) is 11.5. The molecule has 0 saturated carbocycles. The fourth-order valence-corrected chi connectivity index (χ4v) is 2.44. The molecule has 6 heteroatoms. The Bertz CT molecular complexity index is 456. The topological polar surface area (TPSA) is 30.5 Å². The van der Waals surface area contributed by atoms with Gasteiger partial charge in [-0.15, -0.1) is 0 Å². The second kappa shape index (κ2) is 6.11. The Morgan fingerprint density at radius 3 is 2.55 bits per heavy atom. The molecule has 1 aliphatic rings. The van der Waals surface area contributed by atoms with Crippen LogP contribution in [0.25, 0.3) is 0 Å². The summed E-state index contributed by atoms with van der Waals surface area (Å²) < 4.78 is 49.0. The number of nitrogens with one attached hydrogen (secondary N) is 1. The molecule has 1 fully saturated rings. The van der Waals surface area contributed by atoms with Crippen LogP contribution in [0.4, 0.5) is 13.2 Å². The molecule has 1 saturated heterocycles. The van der Waals surface area contributed by atoms with Crippen LogP contribution in [0, 0.1) is 6.92 Å². The zero-order chi connectivity index (χ0) is 14.8. The second-order valence-electron chi connectivity index (χ2n) is 4.82. The molecule has 2 unspecified atom stereocenters. The minimum atomic E-state index is -4.32. The molecule has 3 nitrogen and oxygen atoms in total. The van der Waals surface area contributed by atoms with Crippen molar-refractivity contribution in [2.75, 3.05) is 26.9 Å². The summed E-state index contributed by atoms with van der Waals surface area (Å²) in [6.07, 6.45) is -4.51. The van der Waals surface area contributed by atoms with Crippen molar-refractivity contribution >= 4 is 0 Å². The Labute approximate surface area is 116 Å². The van der Waals surface area contributed by atoms with Crippen LogP contribution >= 0.6 is 0 Å². The zero-order valence-corrected chi connectivity index (χ0v) is 11.5. The third kappa shape index (κ3) is 3.31. The summed E-state index contributed by atoms with van der Waals surface area (Å²) in [5, 5.41) is 3.10. The molecule has 1 aromatic carbocycles. The molecule has 0 bridgehead atoms. The molecule has 0 radical (unpaired) electrons. The smallest absolute Gasteiger partial charge is 0.376 e. The van der Waals surface area contributed by atoms with E-state index in [2.05, 4.69) is 5.32 Å². The molecule has 2 atom stereocenters. The lowest BCUT2D eigenvalue weighted by Crippen LogP contribution is -2.39. The fourth-order valence-electron chi connectivity index (χ4n) is 2.44. The quantitative estimate of drug-likeness (QED) is 0.928. The van der Waals surface area contributed by atoms with Crippen molar-refractivity contribution in [1.82, 2.24) is 5.32 Å². The Balaban J connectivity index is 2.26. The average molecular weight is 289 g/mol. The number of alkyl halides is 3. The van der Waals surface area contributed by atoms with E-state index >= 15 is 0 Å². The lowest BCUT2D eigenvalue weighted by molar-refractivity contribution is -0.137. The van der Waals surface area contributed by atoms with Gasteiger partial charge in [-0.25, -0.2) is 0 Å². The molecule has 0 amide bonds. The predicted octanol–water partition coefficient (Wildman–Crippen LogP) is 2.69. The molecule has 1 aromatic rings. The van der Waals surface area contributed by atoms with E-state index in [1.165, 1.54) is 12.1 Å². The molecule has 0 aromatic heterocycles. The first-order valence-electron chi connectivity index (χ1n) is 6.48. The van der Waals surface area contributed by atoms with E-state index in [4.69, 9.17) is 9.47 Å².